The Morgan fingerprint density at radius 3 is 3.00 bits per heavy atom. The Kier molecular flexibility index (Phi) is 2.92. The molecule has 0 aliphatic rings. The number of carbonyl (C=O) groups is 1. The van der Waals surface area contributed by atoms with E-state index in [0.29, 0.717) is 22.3 Å². The van der Waals surface area contributed by atoms with E-state index >= 15 is 0 Å². The molecule has 0 radical (unpaired) electrons. The van der Waals surface area contributed by atoms with E-state index in [-0.39, 0.29) is 5.11 Å². The molecule has 1 aromatic heterocycles. The van der Waals surface area contributed by atoms with Crippen molar-refractivity contribution in [3.8, 4) is 0 Å². The summed E-state index contributed by atoms with van der Waals surface area (Å²) in [6, 6.07) is 5.30. The highest BCUT2D eigenvalue weighted by atomic mass is 32.1. The first kappa shape index (κ1) is 11.3. The Morgan fingerprint density at radius 2 is 2.35 bits per heavy atom. The van der Waals surface area contributed by atoms with E-state index in [9.17, 15) is 4.79 Å². The summed E-state index contributed by atoms with van der Waals surface area (Å²) in [6.07, 6.45) is 0. The minimum Gasteiger partial charge on any atom is -0.464 e. The van der Waals surface area contributed by atoms with Gasteiger partial charge in [-0.1, -0.05) is 12.1 Å². The number of ether oxygens (including phenoxy) is 1. The topological polar surface area (TPSA) is 93.0 Å². The second kappa shape index (κ2) is 4.38. The van der Waals surface area contributed by atoms with Crippen molar-refractivity contribution in [2.75, 3.05) is 12.4 Å². The van der Waals surface area contributed by atoms with E-state index in [1.807, 2.05) is 0 Å². The Balaban J connectivity index is 2.56. The number of anilines is 1. The Bertz CT molecular complexity index is 593. The second-order valence-electron chi connectivity index (χ2n) is 3.28. The monoisotopic (exact) mass is 250 g/mol. The standard InChI is InChI=1S/C10H10N4O2S/c1-16-9(15)8-5-3-2-4-6(12-10(11)17)7(5)13-14-8/h2-4H,1H3,(H,13,14)(H3,11,12,17). The van der Waals surface area contributed by atoms with E-state index in [1.165, 1.54) is 7.11 Å². The number of H-pyrrole nitrogens is 1. The summed E-state index contributed by atoms with van der Waals surface area (Å²) in [4.78, 5) is 11.5. The molecule has 7 heteroatoms. The lowest BCUT2D eigenvalue weighted by Gasteiger charge is -2.03. The Hall–Kier alpha value is -2.15. The van der Waals surface area contributed by atoms with Gasteiger partial charge in [-0.2, -0.15) is 5.10 Å². The van der Waals surface area contributed by atoms with Crippen molar-refractivity contribution in [2.24, 2.45) is 5.73 Å². The molecule has 0 unspecified atom stereocenters. The number of aromatic nitrogens is 2. The first-order valence-corrected chi connectivity index (χ1v) is 5.16. The number of hydrogen-bond donors (Lipinski definition) is 3. The average molecular weight is 250 g/mol. The smallest absolute Gasteiger partial charge is 0.356 e. The Morgan fingerprint density at radius 1 is 1.59 bits per heavy atom. The highest BCUT2D eigenvalue weighted by Gasteiger charge is 2.15. The third-order valence-corrected chi connectivity index (χ3v) is 2.33. The number of nitrogens with two attached hydrogens (primary N) is 1. The number of nitrogens with zero attached hydrogens (tertiary/aromatic N) is 1. The van der Waals surface area contributed by atoms with E-state index < -0.39 is 5.97 Å². The van der Waals surface area contributed by atoms with E-state index in [2.05, 4.69) is 20.3 Å². The van der Waals surface area contributed by atoms with Gasteiger partial charge in [-0.25, -0.2) is 4.79 Å². The number of para-hydroxylation sites is 1. The largest absolute Gasteiger partial charge is 0.464 e. The first-order chi connectivity index (χ1) is 8.13. The van der Waals surface area contributed by atoms with Crippen LogP contribution in [0.1, 0.15) is 10.5 Å². The zero-order chi connectivity index (χ0) is 12.4. The van der Waals surface area contributed by atoms with E-state index in [0.717, 1.165) is 0 Å². The summed E-state index contributed by atoms with van der Waals surface area (Å²) in [5.41, 5.74) is 6.92. The molecule has 0 amide bonds. The predicted molar refractivity (Wildman–Crippen MR) is 67.8 cm³/mol. The molecular formula is C10H10N4O2S. The third kappa shape index (κ3) is 2.04. The molecular weight excluding hydrogens is 240 g/mol. The van der Waals surface area contributed by atoms with Crippen LogP contribution in [-0.4, -0.2) is 28.4 Å². The van der Waals surface area contributed by atoms with Crippen molar-refractivity contribution >= 4 is 39.9 Å². The van der Waals surface area contributed by atoms with Crippen LogP contribution in [0.4, 0.5) is 5.69 Å². The minimum atomic E-state index is -0.472. The van der Waals surface area contributed by atoms with Crippen molar-refractivity contribution in [1.82, 2.24) is 10.2 Å². The van der Waals surface area contributed by atoms with Gasteiger partial charge in [-0.05, 0) is 18.3 Å². The number of nitrogens with one attached hydrogen (secondary N) is 2. The van der Waals surface area contributed by atoms with Crippen molar-refractivity contribution < 1.29 is 9.53 Å². The first-order valence-electron chi connectivity index (χ1n) is 4.75. The molecule has 4 N–H and O–H groups in total. The van der Waals surface area contributed by atoms with Crippen LogP contribution in [0.15, 0.2) is 18.2 Å². The van der Waals surface area contributed by atoms with E-state index in [4.69, 9.17) is 18.0 Å². The van der Waals surface area contributed by atoms with Gasteiger partial charge in [-0.3, -0.25) is 5.10 Å². The Labute approximate surface area is 102 Å². The number of benzene rings is 1. The highest BCUT2D eigenvalue weighted by molar-refractivity contribution is 7.80. The number of hydrogen-bond acceptors (Lipinski definition) is 4. The lowest BCUT2D eigenvalue weighted by molar-refractivity contribution is 0.0596. The molecule has 1 heterocycles. The molecule has 17 heavy (non-hydrogen) atoms. The van der Waals surface area contributed by atoms with Gasteiger partial charge in [-0.15, -0.1) is 0 Å². The van der Waals surface area contributed by atoms with Crippen LogP contribution in [0.5, 0.6) is 0 Å². The fourth-order valence-corrected chi connectivity index (χ4v) is 1.64. The number of methoxy groups -OCH3 is 1. The van der Waals surface area contributed by atoms with Gasteiger partial charge in [0.05, 0.1) is 12.8 Å². The summed E-state index contributed by atoms with van der Waals surface area (Å²) in [7, 11) is 1.31. The number of esters is 1. The SMILES string of the molecule is COC(=O)c1[nH]nc2c(NC(N)=S)cccc12. The summed E-state index contributed by atoms with van der Waals surface area (Å²) in [6.45, 7) is 0. The van der Waals surface area contributed by atoms with Gasteiger partial charge in [0.25, 0.3) is 0 Å². The summed E-state index contributed by atoms with van der Waals surface area (Å²) < 4.78 is 4.64. The maximum atomic E-state index is 11.5. The quantitative estimate of drug-likeness (QED) is 0.544. The molecule has 0 atom stereocenters. The fraction of sp³-hybridized carbons (Fsp3) is 0.100. The van der Waals surface area contributed by atoms with Gasteiger partial charge in [0.1, 0.15) is 5.52 Å². The molecule has 0 fully saturated rings. The highest BCUT2D eigenvalue weighted by Crippen LogP contribution is 2.23. The molecule has 2 rings (SSSR count). The number of fused-ring (bicyclic) bond motifs is 1. The van der Waals surface area contributed by atoms with E-state index in [1.54, 1.807) is 18.2 Å². The lowest BCUT2D eigenvalue weighted by atomic mass is 10.2. The second-order valence-corrected chi connectivity index (χ2v) is 3.72. The molecule has 0 spiro atoms. The molecule has 6 nitrogen and oxygen atoms in total. The summed E-state index contributed by atoms with van der Waals surface area (Å²) in [5, 5.41) is 10.2. The number of aromatic amines is 1. The molecule has 1 aromatic carbocycles. The van der Waals surface area contributed by atoms with Crippen molar-refractivity contribution in [3.05, 3.63) is 23.9 Å². The maximum absolute atomic E-state index is 11.5. The van der Waals surface area contributed by atoms with Crippen LogP contribution in [0.3, 0.4) is 0 Å². The van der Waals surface area contributed by atoms with Crippen LogP contribution in [0.2, 0.25) is 0 Å². The number of carbonyl (C=O) groups excluding carboxylic acids is 1. The molecule has 0 aliphatic carbocycles. The van der Waals surface area contributed by atoms with Gasteiger partial charge < -0.3 is 15.8 Å². The third-order valence-electron chi connectivity index (χ3n) is 2.23. The molecule has 0 saturated heterocycles. The molecule has 2 aromatic rings. The predicted octanol–water partition coefficient (Wildman–Crippen LogP) is 1.00. The van der Waals surface area contributed by atoms with Crippen molar-refractivity contribution in [1.29, 1.82) is 0 Å². The zero-order valence-electron chi connectivity index (χ0n) is 8.98. The number of rotatable bonds is 2. The average Bonchev–Trinajstić information content (AvgIpc) is 2.72. The summed E-state index contributed by atoms with van der Waals surface area (Å²) >= 11 is 4.76. The van der Waals surface area contributed by atoms with Crippen LogP contribution >= 0.6 is 12.2 Å². The van der Waals surface area contributed by atoms with Crippen LogP contribution < -0.4 is 11.1 Å². The minimum absolute atomic E-state index is 0.139. The van der Waals surface area contributed by atoms with Gasteiger partial charge >= 0.3 is 5.97 Å². The molecule has 0 saturated carbocycles. The van der Waals surface area contributed by atoms with Crippen LogP contribution in [0, 0.1) is 0 Å². The van der Waals surface area contributed by atoms with Gasteiger partial charge in [0.15, 0.2) is 10.8 Å². The van der Waals surface area contributed by atoms with Gasteiger partial charge in [0, 0.05) is 5.39 Å². The maximum Gasteiger partial charge on any atom is 0.356 e. The van der Waals surface area contributed by atoms with Crippen molar-refractivity contribution in [2.45, 2.75) is 0 Å². The van der Waals surface area contributed by atoms with Crippen molar-refractivity contribution in [3.63, 3.8) is 0 Å². The normalized spacial score (nSPS) is 10.2. The van der Waals surface area contributed by atoms with Crippen LogP contribution in [-0.2, 0) is 4.74 Å². The molecule has 88 valence electrons. The van der Waals surface area contributed by atoms with Crippen LogP contribution in [0.25, 0.3) is 10.9 Å². The lowest BCUT2D eigenvalue weighted by Crippen LogP contribution is -2.19. The fourth-order valence-electron chi connectivity index (χ4n) is 1.53. The zero-order valence-corrected chi connectivity index (χ0v) is 9.80. The molecule has 0 bridgehead atoms. The summed E-state index contributed by atoms with van der Waals surface area (Å²) in [5.74, 6) is -0.472. The number of thiocarbonyl (C=S) groups is 1. The van der Waals surface area contributed by atoms with Gasteiger partial charge in [0.2, 0.25) is 0 Å². The molecule has 0 aliphatic heterocycles.